The molecule has 0 aliphatic rings. The van der Waals surface area contributed by atoms with E-state index in [9.17, 15) is 14.7 Å². The Morgan fingerprint density at radius 2 is 1.81 bits per heavy atom. The number of H-pyrrole nitrogens is 1. The summed E-state index contributed by atoms with van der Waals surface area (Å²) in [5.41, 5.74) is 3.32. The lowest BCUT2D eigenvalue weighted by molar-refractivity contribution is 0.0790. The molecule has 0 fully saturated rings. The van der Waals surface area contributed by atoms with Crippen LogP contribution in [0.25, 0.3) is 22.5 Å². The Balaban J connectivity index is 1.88. The highest BCUT2D eigenvalue weighted by atomic mass is 16.3. The molecule has 0 aliphatic carbocycles. The second-order valence-corrected chi connectivity index (χ2v) is 7.95. The van der Waals surface area contributed by atoms with Crippen molar-refractivity contribution in [3.63, 3.8) is 0 Å². The zero-order chi connectivity index (χ0) is 22.5. The maximum Gasteiger partial charge on any atom is 0.345 e. The number of aromatic hydroxyl groups is 1. The van der Waals surface area contributed by atoms with Crippen molar-refractivity contribution in [3.05, 3.63) is 70.1 Å². The minimum atomic E-state index is -0.476. The van der Waals surface area contributed by atoms with Crippen LogP contribution in [0.15, 0.2) is 53.3 Å². The van der Waals surface area contributed by atoms with Gasteiger partial charge in [-0.2, -0.15) is 4.98 Å². The normalized spacial score (nSPS) is 11.0. The molecule has 31 heavy (non-hydrogen) atoms. The number of carbonyl (C=O) groups is 1. The highest BCUT2D eigenvalue weighted by molar-refractivity contribution is 5.95. The van der Waals surface area contributed by atoms with Gasteiger partial charge >= 0.3 is 5.69 Å². The Kier molecular flexibility index (Phi) is 6.87. The van der Waals surface area contributed by atoms with Gasteiger partial charge in [0.2, 0.25) is 0 Å². The van der Waals surface area contributed by atoms with Gasteiger partial charge in [0.25, 0.3) is 5.91 Å². The first kappa shape index (κ1) is 22.2. The van der Waals surface area contributed by atoms with Crippen molar-refractivity contribution in [2.24, 2.45) is 0 Å². The fourth-order valence-electron chi connectivity index (χ4n) is 3.34. The number of phenolic OH excluding ortho intramolecular Hbond substituents is 1. The largest absolute Gasteiger partial charge is 0.508 e. The zero-order valence-electron chi connectivity index (χ0n) is 18.3. The van der Waals surface area contributed by atoms with Gasteiger partial charge in [-0.15, -0.1) is 0 Å². The number of aromatic nitrogens is 2. The van der Waals surface area contributed by atoms with E-state index in [2.05, 4.69) is 14.9 Å². The molecule has 0 radical (unpaired) electrons. The van der Waals surface area contributed by atoms with Gasteiger partial charge < -0.3 is 19.9 Å². The molecule has 2 aromatic carbocycles. The molecule has 3 rings (SSSR count). The molecule has 7 heteroatoms. The lowest BCUT2D eigenvalue weighted by atomic mass is 10.0. The van der Waals surface area contributed by atoms with Crippen LogP contribution < -0.4 is 5.69 Å². The Hall–Kier alpha value is -3.45. The molecular formula is C24H28N4O3. The molecule has 0 unspecified atom stereocenters. The third-order valence-corrected chi connectivity index (χ3v) is 5.10. The predicted octanol–water partition coefficient (Wildman–Crippen LogP) is 3.14. The minimum absolute atomic E-state index is 0.0635. The van der Waals surface area contributed by atoms with Gasteiger partial charge in [-0.25, -0.2) is 4.79 Å². The summed E-state index contributed by atoms with van der Waals surface area (Å²) in [7, 11) is 5.81. The third kappa shape index (κ3) is 5.58. The average molecular weight is 421 g/mol. The van der Waals surface area contributed by atoms with Gasteiger partial charge in [-0.3, -0.25) is 4.79 Å². The smallest absolute Gasteiger partial charge is 0.345 e. The van der Waals surface area contributed by atoms with E-state index in [4.69, 9.17) is 0 Å². The number of carbonyl (C=O) groups excluding carboxylic acids is 1. The first-order valence-electron chi connectivity index (χ1n) is 10.2. The molecule has 0 atom stereocenters. The number of hydrogen-bond acceptors (Lipinski definition) is 5. The number of aryl methyl sites for hydroxylation is 1. The molecule has 0 aliphatic heterocycles. The molecule has 1 amide bonds. The quantitative estimate of drug-likeness (QED) is 0.613. The van der Waals surface area contributed by atoms with E-state index in [-0.39, 0.29) is 11.7 Å². The number of nitrogens with one attached hydrogen (secondary N) is 1. The van der Waals surface area contributed by atoms with E-state index in [1.807, 2.05) is 20.2 Å². The molecule has 0 saturated carbocycles. The summed E-state index contributed by atoms with van der Waals surface area (Å²) in [6.07, 6.45) is 0.891. The summed E-state index contributed by atoms with van der Waals surface area (Å²) >= 11 is 0. The van der Waals surface area contributed by atoms with Crippen LogP contribution in [0.4, 0.5) is 0 Å². The number of phenols is 1. The molecule has 3 aromatic rings. The summed E-state index contributed by atoms with van der Waals surface area (Å²) < 4.78 is 0. The zero-order valence-corrected chi connectivity index (χ0v) is 18.3. The first-order valence-corrected chi connectivity index (χ1v) is 10.2. The van der Waals surface area contributed by atoms with Crippen molar-refractivity contribution in [2.75, 3.05) is 34.2 Å². The topological polar surface area (TPSA) is 89.5 Å². The number of hydrogen-bond donors (Lipinski definition) is 2. The number of rotatable bonds is 7. The molecule has 0 saturated heterocycles. The molecule has 7 nitrogen and oxygen atoms in total. The fourth-order valence-corrected chi connectivity index (χ4v) is 3.34. The molecule has 162 valence electrons. The highest BCUT2D eigenvalue weighted by Crippen LogP contribution is 2.26. The summed E-state index contributed by atoms with van der Waals surface area (Å²) in [6.45, 7) is 3.37. The van der Waals surface area contributed by atoms with E-state index < -0.39 is 5.69 Å². The Morgan fingerprint density at radius 3 is 2.52 bits per heavy atom. The van der Waals surface area contributed by atoms with E-state index in [1.54, 1.807) is 61.3 Å². The molecule has 0 bridgehead atoms. The maximum absolute atomic E-state index is 12.8. The van der Waals surface area contributed by atoms with Crippen LogP contribution in [-0.2, 0) is 0 Å². The van der Waals surface area contributed by atoms with Crippen molar-refractivity contribution in [1.29, 1.82) is 0 Å². The van der Waals surface area contributed by atoms with Crippen molar-refractivity contribution >= 4 is 5.91 Å². The van der Waals surface area contributed by atoms with E-state index in [0.717, 1.165) is 24.1 Å². The van der Waals surface area contributed by atoms with Crippen LogP contribution >= 0.6 is 0 Å². The van der Waals surface area contributed by atoms with E-state index in [0.29, 0.717) is 29.1 Å². The Morgan fingerprint density at radius 1 is 1.03 bits per heavy atom. The molecule has 0 spiro atoms. The van der Waals surface area contributed by atoms with Crippen LogP contribution in [0.2, 0.25) is 0 Å². The SMILES string of the molecule is Cc1cc(-c2cc(-c3cccc(C(=O)N(C)CCCN(C)C)c3)[nH]c(=O)n2)ccc1O. The number of nitrogens with zero attached hydrogens (tertiary/aromatic N) is 3. The van der Waals surface area contributed by atoms with Crippen LogP contribution in [0, 0.1) is 6.92 Å². The second kappa shape index (κ2) is 9.57. The van der Waals surface area contributed by atoms with E-state index >= 15 is 0 Å². The molecule has 1 aromatic heterocycles. The highest BCUT2D eigenvalue weighted by Gasteiger charge is 2.14. The third-order valence-electron chi connectivity index (χ3n) is 5.10. The number of aromatic amines is 1. The van der Waals surface area contributed by atoms with Gasteiger partial charge in [0.1, 0.15) is 5.75 Å². The van der Waals surface area contributed by atoms with Crippen LogP contribution in [0.3, 0.4) is 0 Å². The monoisotopic (exact) mass is 420 g/mol. The lowest BCUT2D eigenvalue weighted by Gasteiger charge is -2.19. The van der Waals surface area contributed by atoms with Crippen LogP contribution in [0.5, 0.6) is 5.75 Å². The standard InChI is InChI=1S/C24H28N4O3/c1-16-13-18(9-10-22(16)29)21-15-20(25-24(31)26-21)17-7-5-8-19(14-17)23(30)28(4)12-6-11-27(2)3/h5,7-10,13-15,29H,6,11-12H2,1-4H3,(H,25,26,31). The van der Waals surface area contributed by atoms with Crippen LogP contribution in [-0.4, -0.2) is 65.0 Å². The maximum atomic E-state index is 12.8. The molecule has 1 heterocycles. The summed E-state index contributed by atoms with van der Waals surface area (Å²) in [5, 5.41) is 9.76. The predicted molar refractivity (Wildman–Crippen MR) is 122 cm³/mol. The van der Waals surface area contributed by atoms with Crippen molar-refractivity contribution in [2.45, 2.75) is 13.3 Å². The van der Waals surface area contributed by atoms with Crippen molar-refractivity contribution in [3.8, 4) is 28.3 Å². The van der Waals surface area contributed by atoms with Crippen molar-refractivity contribution < 1.29 is 9.90 Å². The lowest BCUT2D eigenvalue weighted by Crippen LogP contribution is -2.29. The van der Waals surface area contributed by atoms with Gasteiger partial charge in [-0.05, 0) is 81.5 Å². The summed E-state index contributed by atoms with van der Waals surface area (Å²) in [4.78, 5) is 35.7. The van der Waals surface area contributed by atoms with E-state index in [1.165, 1.54) is 0 Å². The number of amides is 1. The summed E-state index contributed by atoms with van der Waals surface area (Å²) in [6, 6.07) is 14.1. The second-order valence-electron chi connectivity index (χ2n) is 7.95. The van der Waals surface area contributed by atoms with Gasteiger partial charge in [0, 0.05) is 24.7 Å². The van der Waals surface area contributed by atoms with Gasteiger partial charge in [-0.1, -0.05) is 12.1 Å². The summed E-state index contributed by atoms with van der Waals surface area (Å²) in [5.74, 6) is 0.126. The van der Waals surface area contributed by atoms with Gasteiger partial charge in [0.05, 0.1) is 11.4 Å². The Labute approximate surface area is 182 Å². The molecular weight excluding hydrogens is 392 g/mol. The average Bonchev–Trinajstić information content (AvgIpc) is 2.74. The minimum Gasteiger partial charge on any atom is -0.508 e. The number of benzene rings is 2. The first-order chi connectivity index (χ1) is 14.7. The Bertz CT molecular complexity index is 1140. The van der Waals surface area contributed by atoms with Gasteiger partial charge in [0.15, 0.2) is 0 Å². The van der Waals surface area contributed by atoms with Crippen molar-refractivity contribution in [1.82, 2.24) is 19.8 Å². The molecule has 2 N–H and O–H groups in total. The fraction of sp³-hybridized carbons (Fsp3) is 0.292. The van der Waals surface area contributed by atoms with Crippen LogP contribution in [0.1, 0.15) is 22.3 Å².